The van der Waals surface area contributed by atoms with Gasteiger partial charge in [-0.2, -0.15) is 0 Å². The van der Waals surface area contributed by atoms with Crippen molar-refractivity contribution in [3.05, 3.63) is 70.0 Å². The topological polar surface area (TPSA) is 88.3 Å². The van der Waals surface area contributed by atoms with Gasteiger partial charge >= 0.3 is 0 Å². The van der Waals surface area contributed by atoms with E-state index in [1.807, 2.05) is 38.1 Å². The fourth-order valence-electron chi connectivity index (χ4n) is 2.90. The molecule has 0 radical (unpaired) electrons. The predicted molar refractivity (Wildman–Crippen MR) is 106 cm³/mol. The quantitative estimate of drug-likeness (QED) is 0.654. The fraction of sp³-hybridized carbons (Fsp3) is 0.250. The Labute approximate surface area is 158 Å². The molecule has 0 aliphatic carbocycles. The lowest BCUT2D eigenvalue weighted by Crippen LogP contribution is -2.27. The molecule has 2 aromatic carbocycles. The monoisotopic (exact) mass is 386 g/mol. The molecule has 0 saturated heterocycles. The molecule has 27 heavy (non-hydrogen) atoms. The van der Waals surface area contributed by atoms with Gasteiger partial charge in [0.2, 0.25) is 10.0 Å². The summed E-state index contributed by atoms with van der Waals surface area (Å²) in [7, 11) is -3.64. The van der Waals surface area contributed by atoms with E-state index in [1.165, 1.54) is 12.1 Å². The van der Waals surface area contributed by atoms with Gasteiger partial charge in [0.15, 0.2) is 0 Å². The van der Waals surface area contributed by atoms with Crippen LogP contribution in [0.3, 0.4) is 0 Å². The molecule has 0 aliphatic heterocycles. The molecular formula is C20H22N2O4S. The third-order valence-corrected chi connectivity index (χ3v) is 5.77. The second-order valence-corrected chi connectivity index (χ2v) is 7.98. The maximum absolute atomic E-state index is 12.4. The highest BCUT2D eigenvalue weighted by atomic mass is 32.2. The zero-order chi connectivity index (χ0) is 19.4. The van der Waals surface area contributed by atoms with Crippen LogP contribution in [-0.2, 0) is 16.4 Å². The molecule has 0 saturated carbocycles. The fourth-order valence-corrected chi connectivity index (χ4v) is 3.93. The van der Waals surface area contributed by atoms with Gasteiger partial charge in [-0.15, -0.1) is 0 Å². The van der Waals surface area contributed by atoms with Crippen LogP contribution in [0.5, 0.6) is 5.75 Å². The standard InChI is InChI=1S/C20H22N2O4S/c1-3-26-17-7-9-18(10-8-17)27(24,25)21-12-11-16-13-15-6-4-5-14(2)19(15)22-20(16)23/h4-10,13,21H,3,11-12H2,1-2H3,(H,22,23). The predicted octanol–water partition coefficient (Wildman–Crippen LogP) is 2.76. The molecule has 0 amide bonds. The van der Waals surface area contributed by atoms with Crippen molar-refractivity contribution < 1.29 is 13.2 Å². The number of hydrogen-bond donors (Lipinski definition) is 2. The average molecular weight is 386 g/mol. The van der Waals surface area contributed by atoms with Crippen molar-refractivity contribution >= 4 is 20.9 Å². The lowest BCUT2D eigenvalue weighted by molar-refractivity contribution is 0.340. The Morgan fingerprint density at radius 2 is 1.85 bits per heavy atom. The maximum atomic E-state index is 12.4. The Bertz CT molecular complexity index is 1100. The first kappa shape index (κ1) is 19.1. The summed E-state index contributed by atoms with van der Waals surface area (Å²) in [4.78, 5) is 15.3. The molecule has 2 N–H and O–H groups in total. The molecule has 0 spiro atoms. The minimum atomic E-state index is -3.64. The minimum absolute atomic E-state index is 0.135. The van der Waals surface area contributed by atoms with E-state index in [9.17, 15) is 13.2 Å². The van der Waals surface area contributed by atoms with Crippen LogP contribution in [0.1, 0.15) is 18.1 Å². The summed E-state index contributed by atoms with van der Waals surface area (Å²) in [6, 6.07) is 13.8. The number of sulfonamides is 1. The molecule has 0 bridgehead atoms. The summed E-state index contributed by atoms with van der Waals surface area (Å²) < 4.78 is 32.6. The normalized spacial score (nSPS) is 11.6. The number of ether oxygens (including phenoxy) is 1. The summed E-state index contributed by atoms with van der Waals surface area (Å²) in [6.07, 6.45) is 0.301. The molecule has 0 aliphatic rings. The smallest absolute Gasteiger partial charge is 0.251 e. The van der Waals surface area contributed by atoms with Crippen molar-refractivity contribution in [3.63, 3.8) is 0 Å². The summed E-state index contributed by atoms with van der Waals surface area (Å²) in [5.41, 5.74) is 2.15. The van der Waals surface area contributed by atoms with Crippen LogP contribution in [0, 0.1) is 6.92 Å². The number of aromatic amines is 1. The summed E-state index contributed by atoms with van der Waals surface area (Å²) in [6.45, 7) is 4.45. The molecule has 3 rings (SSSR count). The highest BCUT2D eigenvalue weighted by molar-refractivity contribution is 7.89. The highest BCUT2D eigenvalue weighted by Crippen LogP contribution is 2.17. The Kier molecular flexibility index (Phi) is 5.62. The van der Waals surface area contributed by atoms with Gasteiger partial charge in [0.05, 0.1) is 17.0 Å². The number of aromatic nitrogens is 1. The van der Waals surface area contributed by atoms with Crippen LogP contribution >= 0.6 is 0 Å². The van der Waals surface area contributed by atoms with Crippen LogP contribution in [0.15, 0.2) is 58.2 Å². The number of pyridine rings is 1. The van der Waals surface area contributed by atoms with Crippen LogP contribution < -0.4 is 15.0 Å². The van der Waals surface area contributed by atoms with Gasteiger partial charge in [0, 0.05) is 12.1 Å². The molecule has 6 nitrogen and oxygen atoms in total. The molecule has 0 unspecified atom stereocenters. The molecule has 1 aromatic heterocycles. The van der Waals surface area contributed by atoms with E-state index >= 15 is 0 Å². The number of fused-ring (bicyclic) bond motifs is 1. The van der Waals surface area contributed by atoms with Gasteiger partial charge in [-0.1, -0.05) is 18.2 Å². The summed E-state index contributed by atoms with van der Waals surface area (Å²) >= 11 is 0. The second-order valence-electron chi connectivity index (χ2n) is 6.22. The van der Waals surface area contributed by atoms with E-state index < -0.39 is 10.0 Å². The number of nitrogens with one attached hydrogen (secondary N) is 2. The summed E-state index contributed by atoms with van der Waals surface area (Å²) in [5.74, 6) is 0.620. The Morgan fingerprint density at radius 1 is 1.11 bits per heavy atom. The maximum Gasteiger partial charge on any atom is 0.251 e. The van der Waals surface area contributed by atoms with E-state index in [0.29, 0.717) is 24.3 Å². The zero-order valence-electron chi connectivity index (χ0n) is 15.3. The number of H-pyrrole nitrogens is 1. The second kappa shape index (κ2) is 7.94. The van der Waals surface area contributed by atoms with Gasteiger partial charge in [-0.05, 0) is 61.5 Å². The van der Waals surface area contributed by atoms with E-state index in [2.05, 4.69) is 9.71 Å². The number of benzene rings is 2. The molecule has 0 fully saturated rings. The Morgan fingerprint density at radius 3 is 2.56 bits per heavy atom. The van der Waals surface area contributed by atoms with Crippen molar-refractivity contribution in [3.8, 4) is 5.75 Å². The molecule has 0 atom stereocenters. The van der Waals surface area contributed by atoms with Gasteiger partial charge in [0.1, 0.15) is 5.75 Å². The van der Waals surface area contributed by atoms with Crippen molar-refractivity contribution in [2.45, 2.75) is 25.2 Å². The lowest BCUT2D eigenvalue weighted by Gasteiger charge is -2.09. The molecule has 1 heterocycles. The number of rotatable bonds is 7. The summed E-state index contributed by atoms with van der Waals surface area (Å²) in [5, 5.41) is 0.930. The molecule has 142 valence electrons. The highest BCUT2D eigenvalue weighted by Gasteiger charge is 2.14. The molecular weight excluding hydrogens is 364 g/mol. The molecule has 7 heteroatoms. The Hall–Kier alpha value is -2.64. The van der Waals surface area contributed by atoms with E-state index in [1.54, 1.807) is 12.1 Å². The van der Waals surface area contributed by atoms with Crippen LogP contribution in [0.2, 0.25) is 0 Å². The average Bonchev–Trinajstić information content (AvgIpc) is 2.64. The minimum Gasteiger partial charge on any atom is -0.494 e. The van der Waals surface area contributed by atoms with Crippen molar-refractivity contribution in [2.24, 2.45) is 0 Å². The van der Waals surface area contributed by atoms with E-state index in [0.717, 1.165) is 16.5 Å². The van der Waals surface area contributed by atoms with Gasteiger partial charge in [0.25, 0.3) is 5.56 Å². The van der Waals surface area contributed by atoms with Crippen LogP contribution in [0.4, 0.5) is 0 Å². The zero-order valence-corrected chi connectivity index (χ0v) is 16.1. The number of para-hydroxylation sites is 1. The van der Waals surface area contributed by atoms with Gasteiger partial charge in [-0.25, -0.2) is 13.1 Å². The first-order valence-electron chi connectivity index (χ1n) is 8.75. The van der Waals surface area contributed by atoms with E-state index in [-0.39, 0.29) is 17.0 Å². The number of hydrogen-bond acceptors (Lipinski definition) is 4. The van der Waals surface area contributed by atoms with Crippen LogP contribution in [0.25, 0.3) is 10.9 Å². The first-order chi connectivity index (χ1) is 12.9. The van der Waals surface area contributed by atoms with Gasteiger partial charge < -0.3 is 9.72 Å². The van der Waals surface area contributed by atoms with Crippen molar-refractivity contribution in [2.75, 3.05) is 13.2 Å². The lowest BCUT2D eigenvalue weighted by atomic mass is 10.1. The molecule has 3 aromatic rings. The van der Waals surface area contributed by atoms with Gasteiger partial charge in [-0.3, -0.25) is 4.79 Å². The largest absolute Gasteiger partial charge is 0.494 e. The third kappa shape index (κ3) is 4.37. The van der Waals surface area contributed by atoms with Crippen molar-refractivity contribution in [1.29, 1.82) is 0 Å². The SMILES string of the molecule is CCOc1ccc(S(=O)(=O)NCCc2cc3cccc(C)c3[nH]c2=O)cc1. The Balaban J connectivity index is 1.71. The first-order valence-corrected chi connectivity index (χ1v) is 10.2. The third-order valence-electron chi connectivity index (χ3n) is 4.30. The number of aryl methyl sites for hydroxylation is 1. The van der Waals surface area contributed by atoms with Crippen molar-refractivity contribution in [1.82, 2.24) is 9.71 Å². The van der Waals surface area contributed by atoms with E-state index in [4.69, 9.17) is 4.74 Å². The van der Waals surface area contributed by atoms with Crippen LogP contribution in [-0.4, -0.2) is 26.6 Å².